The van der Waals surface area contributed by atoms with Gasteiger partial charge in [0.1, 0.15) is 5.82 Å². The van der Waals surface area contributed by atoms with Gasteiger partial charge < -0.3 is 15.5 Å². The minimum Gasteiger partial charge on any atom is -0.350 e. The van der Waals surface area contributed by atoms with Crippen LogP contribution in [0.25, 0.3) is 0 Å². The van der Waals surface area contributed by atoms with Gasteiger partial charge in [0.25, 0.3) is 5.91 Å². The van der Waals surface area contributed by atoms with Crippen LogP contribution in [0.4, 0.5) is 10.1 Å². The summed E-state index contributed by atoms with van der Waals surface area (Å²) in [5.74, 6) is -0.222. The molecule has 2 aromatic rings. The number of halogens is 1. The highest BCUT2D eigenvalue weighted by molar-refractivity contribution is 8.00. The predicted molar refractivity (Wildman–Crippen MR) is 101 cm³/mol. The van der Waals surface area contributed by atoms with Crippen LogP contribution in [0.3, 0.4) is 0 Å². The molecule has 1 heterocycles. The van der Waals surface area contributed by atoms with Gasteiger partial charge in [0.15, 0.2) is 0 Å². The third kappa shape index (κ3) is 4.23. The molecule has 26 heavy (non-hydrogen) atoms. The molecule has 0 spiro atoms. The predicted octanol–water partition coefficient (Wildman–Crippen LogP) is 2.90. The molecule has 1 atom stereocenters. The fourth-order valence-electron chi connectivity index (χ4n) is 2.83. The molecular weight excluding hydrogens is 353 g/mol. The van der Waals surface area contributed by atoms with Crippen LogP contribution in [-0.2, 0) is 4.79 Å². The lowest BCUT2D eigenvalue weighted by Gasteiger charge is -2.25. The summed E-state index contributed by atoms with van der Waals surface area (Å²) < 4.78 is 13.5. The summed E-state index contributed by atoms with van der Waals surface area (Å²) in [6, 6.07) is 11.5. The Hall–Kier alpha value is -2.38. The molecular formula is C19H20FN3O2S. The van der Waals surface area contributed by atoms with Crippen molar-refractivity contribution in [2.75, 3.05) is 31.7 Å². The zero-order chi connectivity index (χ0) is 18.7. The van der Waals surface area contributed by atoms with Crippen LogP contribution >= 0.6 is 11.8 Å². The van der Waals surface area contributed by atoms with Gasteiger partial charge in [0.2, 0.25) is 5.91 Å². The Bertz CT molecular complexity index is 841. The van der Waals surface area contributed by atoms with Crippen molar-refractivity contribution in [3.8, 4) is 0 Å². The number of rotatable bonds is 5. The number of nitrogens with zero attached hydrogens (tertiary/aromatic N) is 1. The summed E-state index contributed by atoms with van der Waals surface area (Å²) >= 11 is 1.45. The molecule has 1 aliphatic heterocycles. The first kappa shape index (κ1) is 18.4. The first-order valence-corrected chi connectivity index (χ1v) is 9.19. The van der Waals surface area contributed by atoms with E-state index in [9.17, 15) is 14.0 Å². The van der Waals surface area contributed by atoms with Crippen molar-refractivity contribution in [2.24, 2.45) is 0 Å². The van der Waals surface area contributed by atoms with E-state index in [4.69, 9.17) is 0 Å². The van der Waals surface area contributed by atoms with E-state index in [1.54, 1.807) is 18.2 Å². The molecule has 0 bridgehead atoms. The number of thioether (sulfide) groups is 1. The zero-order valence-electron chi connectivity index (χ0n) is 14.6. The molecule has 0 aliphatic carbocycles. The van der Waals surface area contributed by atoms with Gasteiger partial charge in [-0.1, -0.05) is 12.1 Å². The van der Waals surface area contributed by atoms with Crippen LogP contribution in [0, 0.1) is 5.82 Å². The summed E-state index contributed by atoms with van der Waals surface area (Å²) in [5.41, 5.74) is 1.93. The van der Waals surface area contributed by atoms with E-state index < -0.39 is 0 Å². The number of nitrogens with one attached hydrogen (secondary N) is 2. The maximum Gasteiger partial charge on any atom is 0.251 e. The first-order valence-electron chi connectivity index (χ1n) is 8.21. The minimum absolute atomic E-state index is 0.0705. The zero-order valence-corrected chi connectivity index (χ0v) is 15.4. The van der Waals surface area contributed by atoms with E-state index in [2.05, 4.69) is 10.6 Å². The van der Waals surface area contributed by atoms with E-state index in [-0.39, 0.29) is 23.7 Å². The van der Waals surface area contributed by atoms with Crippen molar-refractivity contribution in [1.29, 1.82) is 0 Å². The minimum atomic E-state index is -0.302. The molecule has 3 rings (SSSR count). The van der Waals surface area contributed by atoms with E-state index in [0.717, 1.165) is 10.5 Å². The summed E-state index contributed by atoms with van der Waals surface area (Å²) in [7, 11) is 3.76. The quantitative estimate of drug-likeness (QED) is 0.846. The number of carbonyl (C=O) groups excluding carboxylic acids is 2. The van der Waals surface area contributed by atoms with Crippen LogP contribution in [0.15, 0.2) is 47.4 Å². The molecule has 2 N–H and O–H groups in total. The topological polar surface area (TPSA) is 61.4 Å². The van der Waals surface area contributed by atoms with Gasteiger partial charge >= 0.3 is 0 Å². The van der Waals surface area contributed by atoms with E-state index in [1.165, 1.54) is 23.9 Å². The molecule has 0 fully saturated rings. The molecule has 0 saturated heterocycles. The normalized spacial score (nSPS) is 14.5. The van der Waals surface area contributed by atoms with Crippen molar-refractivity contribution < 1.29 is 14.0 Å². The van der Waals surface area contributed by atoms with Crippen molar-refractivity contribution >= 4 is 29.3 Å². The monoisotopic (exact) mass is 373 g/mol. The molecule has 2 aromatic carbocycles. The molecule has 0 radical (unpaired) electrons. The Labute approximate surface area is 156 Å². The molecule has 2 amide bonds. The Kier molecular flexibility index (Phi) is 5.58. The van der Waals surface area contributed by atoms with Gasteiger partial charge in [0, 0.05) is 17.0 Å². The van der Waals surface area contributed by atoms with Gasteiger partial charge in [0.05, 0.1) is 17.5 Å². The standard InChI is InChI=1S/C19H20FN3O2S/c1-23(2)16(12-4-3-5-14(20)8-12)10-21-19(25)13-6-7-17-15(9-13)22-18(24)11-26-17/h3-9,16H,10-11H2,1-2H3,(H,21,25)(H,22,24)/t16-/m0/s1. The number of anilines is 1. The lowest BCUT2D eigenvalue weighted by Crippen LogP contribution is -2.34. The third-order valence-electron chi connectivity index (χ3n) is 4.19. The molecule has 0 aromatic heterocycles. The second kappa shape index (κ2) is 7.88. The highest BCUT2D eigenvalue weighted by atomic mass is 32.2. The lowest BCUT2D eigenvalue weighted by molar-refractivity contribution is -0.113. The molecule has 136 valence electrons. The second-order valence-electron chi connectivity index (χ2n) is 6.29. The van der Waals surface area contributed by atoms with Gasteiger partial charge in [-0.25, -0.2) is 4.39 Å². The van der Waals surface area contributed by atoms with Crippen LogP contribution in [0.1, 0.15) is 22.0 Å². The fourth-order valence-corrected chi connectivity index (χ4v) is 3.62. The Morgan fingerprint density at radius 2 is 2.12 bits per heavy atom. The maximum atomic E-state index is 13.5. The number of amides is 2. The van der Waals surface area contributed by atoms with E-state index in [0.29, 0.717) is 23.5 Å². The number of hydrogen-bond acceptors (Lipinski definition) is 4. The van der Waals surface area contributed by atoms with Crippen molar-refractivity contribution in [3.63, 3.8) is 0 Å². The van der Waals surface area contributed by atoms with Gasteiger partial charge in [-0.3, -0.25) is 9.59 Å². The molecule has 7 heteroatoms. The lowest BCUT2D eigenvalue weighted by atomic mass is 10.1. The van der Waals surface area contributed by atoms with Crippen molar-refractivity contribution in [3.05, 3.63) is 59.4 Å². The molecule has 1 aliphatic rings. The molecule has 0 saturated carbocycles. The Balaban J connectivity index is 1.71. The number of benzene rings is 2. The maximum absolute atomic E-state index is 13.5. The summed E-state index contributed by atoms with van der Waals surface area (Å²) in [5, 5.41) is 5.67. The number of likely N-dealkylation sites (N-methyl/N-ethyl adjacent to an activating group) is 1. The SMILES string of the molecule is CN(C)[C@@H](CNC(=O)c1ccc2c(c1)NC(=O)CS2)c1cccc(F)c1. The molecule has 0 unspecified atom stereocenters. The first-order chi connectivity index (χ1) is 12.4. The van der Waals surface area contributed by atoms with Crippen LogP contribution in [-0.4, -0.2) is 43.1 Å². The fraction of sp³-hybridized carbons (Fsp3) is 0.263. The van der Waals surface area contributed by atoms with E-state index >= 15 is 0 Å². The van der Waals surface area contributed by atoms with E-state index in [1.807, 2.05) is 31.1 Å². The van der Waals surface area contributed by atoms with Crippen molar-refractivity contribution in [1.82, 2.24) is 10.2 Å². The van der Waals surface area contributed by atoms with Crippen LogP contribution in [0.2, 0.25) is 0 Å². The molecule has 5 nitrogen and oxygen atoms in total. The average Bonchev–Trinajstić information content (AvgIpc) is 2.61. The summed E-state index contributed by atoms with van der Waals surface area (Å²) in [6.07, 6.45) is 0. The average molecular weight is 373 g/mol. The Morgan fingerprint density at radius 3 is 2.85 bits per heavy atom. The van der Waals surface area contributed by atoms with Gasteiger partial charge in [-0.05, 0) is 50.0 Å². The van der Waals surface area contributed by atoms with Crippen molar-refractivity contribution in [2.45, 2.75) is 10.9 Å². The third-order valence-corrected chi connectivity index (χ3v) is 5.26. The highest BCUT2D eigenvalue weighted by Gasteiger charge is 2.19. The smallest absolute Gasteiger partial charge is 0.251 e. The van der Waals surface area contributed by atoms with Crippen LogP contribution < -0.4 is 10.6 Å². The number of hydrogen-bond donors (Lipinski definition) is 2. The largest absolute Gasteiger partial charge is 0.350 e. The number of carbonyl (C=O) groups is 2. The summed E-state index contributed by atoms with van der Waals surface area (Å²) in [6.45, 7) is 0.341. The second-order valence-corrected chi connectivity index (χ2v) is 7.31. The highest BCUT2D eigenvalue weighted by Crippen LogP contribution is 2.32. The van der Waals surface area contributed by atoms with Crippen LogP contribution in [0.5, 0.6) is 0 Å². The number of fused-ring (bicyclic) bond motifs is 1. The van der Waals surface area contributed by atoms with Gasteiger partial charge in [-0.15, -0.1) is 11.8 Å². The summed E-state index contributed by atoms with van der Waals surface area (Å²) in [4.78, 5) is 26.9. The Morgan fingerprint density at radius 1 is 1.31 bits per heavy atom. The van der Waals surface area contributed by atoms with Gasteiger partial charge in [-0.2, -0.15) is 0 Å².